The highest BCUT2D eigenvalue weighted by molar-refractivity contribution is 7.99. The molecule has 2 unspecified atom stereocenters. The zero-order valence-corrected chi connectivity index (χ0v) is 11.6. The number of nitrogens with zero attached hydrogens (tertiary/aromatic N) is 1. The van der Waals surface area contributed by atoms with Gasteiger partial charge in [0.25, 0.3) is 0 Å². The fourth-order valence-corrected chi connectivity index (χ4v) is 2.71. The van der Waals surface area contributed by atoms with Gasteiger partial charge in [0.05, 0.1) is 6.07 Å². The van der Waals surface area contributed by atoms with E-state index in [-0.39, 0.29) is 0 Å². The molecule has 0 radical (unpaired) electrons. The highest BCUT2D eigenvalue weighted by Crippen LogP contribution is 2.27. The van der Waals surface area contributed by atoms with Crippen LogP contribution in [-0.4, -0.2) is 18.1 Å². The van der Waals surface area contributed by atoms with Gasteiger partial charge in [-0.3, -0.25) is 5.32 Å². The number of benzene rings is 1. The lowest BCUT2D eigenvalue weighted by molar-refractivity contribution is 0.527. The molecule has 17 heavy (non-hydrogen) atoms. The van der Waals surface area contributed by atoms with Crippen molar-refractivity contribution in [3.05, 3.63) is 35.9 Å². The van der Waals surface area contributed by atoms with Crippen LogP contribution in [0.1, 0.15) is 25.8 Å². The maximum atomic E-state index is 9.49. The van der Waals surface area contributed by atoms with Crippen LogP contribution in [-0.2, 0) is 5.54 Å². The van der Waals surface area contributed by atoms with E-state index in [1.54, 1.807) is 0 Å². The van der Waals surface area contributed by atoms with Crippen molar-refractivity contribution in [2.75, 3.05) is 12.8 Å². The highest BCUT2D eigenvalue weighted by Gasteiger charge is 2.30. The van der Waals surface area contributed by atoms with Crippen LogP contribution in [0.5, 0.6) is 0 Å². The van der Waals surface area contributed by atoms with E-state index in [0.717, 1.165) is 17.7 Å². The lowest BCUT2D eigenvalue weighted by Gasteiger charge is -2.27. The Labute approximate surface area is 108 Å². The molecule has 0 spiro atoms. The van der Waals surface area contributed by atoms with Gasteiger partial charge >= 0.3 is 0 Å². The minimum Gasteiger partial charge on any atom is -0.298 e. The Morgan fingerprint density at radius 2 is 2.06 bits per heavy atom. The number of hydrogen-bond acceptors (Lipinski definition) is 3. The molecule has 92 valence electrons. The third-order valence-corrected chi connectivity index (χ3v) is 4.55. The molecule has 2 nitrogen and oxygen atoms in total. The minimum absolute atomic E-state index is 0.574. The van der Waals surface area contributed by atoms with Gasteiger partial charge in [0.1, 0.15) is 5.54 Å². The second kappa shape index (κ2) is 6.68. The zero-order chi connectivity index (χ0) is 12.7. The van der Waals surface area contributed by atoms with Crippen LogP contribution in [0.3, 0.4) is 0 Å². The predicted octanol–water partition coefficient (Wildman–Crippen LogP) is 3.16. The van der Waals surface area contributed by atoms with Crippen molar-refractivity contribution in [1.82, 2.24) is 5.32 Å². The SMILES string of the molecule is CCC(C)SCC(C#N)(NC)c1ccccc1. The van der Waals surface area contributed by atoms with E-state index in [2.05, 4.69) is 25.2 Å². The summed E-state index contributed by atoms with van der Waals surface area (Å²) in [5.41, 5.74) is 0.468. The van der Waals surface area contributed by atoms with Gasteiger partial charge in [0, 0.05) is 11.0 Å². The quantitative estimate of drug-likeness (QED) is 0.840. The molecule has 0 amide bonds. The third kappa shape index (κ3) is 3.49. The van der Waals surface area contributed by atoms with Crippen molar-refractivity contribution < 1.29 is 0 Å². The van der Waals surface area contributed by atoms with Crippen molar-refractivity contribution in [2.24, 2.45) is 0 Å². The summed E-state index contributed by atoms with van der Waals surface area (Å²) in [7, 11) is 1.85. The fraction of sp³-hybridized carbons (Fsp3) is 0.500. The van der Waals surface area contributed by atoms with E-state index in [1.807, 2.05) is 49.1 Å². The smallest absolute Gasteiger partial charge is 0.141 e. The summed E-state index contributed by atoms with van der Waals surface area (Å²) in [5.74, 6) is 0.777. The van der Waals surface area contributed by atoms with E-state index >= 15 is 0 Å². The van der Waals surface area contributed by atoms with E-state index < -0.39 is 5.54 Å². The van der Waals surface area contributed by atoms with Crippen molar-refractivity contribution in [2.45, 2.75) is 31.1 Å². The number of nitrogens with one attached hydrogen (secondary N) is 1. The van der Waals surface area contributed by atoms with Gasteiger partial charge in [0.2, 0.25) is 0 Å². The molecule has 0 heterocycles. The summed E-state index contributed by atoms with van der Waals surface area (Å²) in [6.07, 6.45) is 1.13. The van der Waals surface area contributed by atoms with Crippen LogP contribution in [0.25, 0.3) is 0 Å². The number of nitriles is 1. The van der Waals surface area contributed by atoms with Gasteiger partial charge in [-0.2, -0.15) is 17.0 Å². The topological polar surface area (TPSA) is 35.8 Å². The molecule has 0 aromatic heterocycles. The maximum absolute atomic E-state index is 9.49. The number of thioether (sulfide) groups is 1. The second-order valence-electron chi connectivity index (χ2n) is 4.16. The van der Waals surface area contributed by atoms with Crippen molar-refractivity contribution in [3.8, 4) is 6.07 Å². The first-order chi connectivity index (χ1) is 8.18. The number of hydrogen-bond donors (Lipinski definition) is 1. The van der Waals surface area contributed by atoms with Crippen LogP contribution in [0.4, 0.5) is 0 Å². The average molecular weight is 248 g/mol. The van der Waals surface area contributed by atoms with Crippen molar-refractivity contribution in [3.63, 3.8) is 0 Å². The number of rotatable bonds is 6. The molecule has 2 atom stereocenters. The summed E-state index contributed by atoms with van der Waals surface area (Å²) in [4.78, 5) is 0. The van der Waals surface area contributed by atoms with Gasteiger partial charge < -0.3 is 0 Å². The molecule has 1 aromatic carbocycles. The van der Waals surface area contributed by atoms with Crippen molar-refractivity contribution >= 4 is 11.8 Å². The summed E-state index contributed by atoms with van der Waals surface area (Å²) < 4.78 is 0. The normalized spacial score (nSPS) is 15.9. The van der Waals surface area contributed by atoms with Gasteiger partial charge in [-0.1, -0.05) is 44.2 Å². The van der Waals surface area contributed by atoms with Crippen LogP contribution in [0, 0.1) is 11.3 Å². The molecule has 0 saturated heterocycles. The molecule has 0 aliphatic carbocycles. The van der Waals surface area contributed by atoms with Crippen LogP contribution in [0.2, 0.25) is 0 Å². The standard InChI is InChI=1S/C14H20N2S/c1-4-12(2)17-11-14(10-15,16-3)13-8-6-5-7-9-13/h5-9,12,16H,4,11H2,1-3H3. The second-order valence-corrected chi connectivity index (χ2v) is 5.59. The molecule has 1 N–H and O–H groups in total. The Morgan fingerprint density at radius 1 is 1.41 bits per heavy atom. The van der Waals surface area contributed by atoms with Gasteiger partial charge in [-0.25, -0.2) is 0 Å². The predicted molar refractivity (Wildman–Crippen MR) is 75.0 cm³/mol. The minimum atomic E-state index is -0.574. The molecule has 1 rings (SSSR count). The first-order valence-corrected chi connectivity index (χ1v) is 7.00. The molecule has 1 aromatic rings. The molecule has 0 fully saturated rings. The zero-order valence-electron chi connectivity index (χ0n) is 10.7. The molecule has 0 saturated carbocycles. The lowest BCUT2D eigenvalue weighted by Crippen LogP contribution is -2.41. The summed E-state index contributed by atoms with van der Waals surface area (Å²) in [5, 5.41) is 13.3. The van der Waals surface area contributed by atoms with Gasteiger partial charge in [-0.05, 0) is 19.0 Å². The first-order valence-electron chi connectivity index (χ1n) is 5.95. The summed E-state index contributed by atoms with van der Waals surface area (Å²) in [6, 6.07) is 12.4. The summed E-state index contributed by atoms with van der Waals surface area (Å²) in [6.45, 7) is 4.38. The average Bonchev–Trinajstić information content (AvgIpc) is 2.41. The molecular formula is C14H20N2S. The van der Waals surface area contributed by atoms with Gasteiger partial charge in [0.15, 0.2) is 0 Å². The molecular weight excluding hydrogens is 228 g/mol. The van der Waals surface area contributed by atoms with Crippen LogP contribution < -0.4 is 5.32 Å². The largest absolute Gasteiger partial charge is 0.298 e. The third-order valence-electron chi connectivity index (χ3n) is 3.04. The Kier molecular flexibility index (Phi) is 5.54. The Bertz CT molecular complexity index is 372. The monoisotopic (exact) mass is 248 g/mol. The van der Waals surface area contributed by atoms with Crippen LogP contribution >= 0.6 is 11.8 Å². The molecule has 3 heteroatoms. The summed E-state index contributed by atoms with van der Waals surface area (Å²) >= 11 is 1.84. The van der Waals surface area contributed by atoms with E-state index in [1.165, 1.54) is 0 Å². The van der Waals surface area contributed by atoms with E-state index in [9.17, 15) is 5.26 Å². The Morgan fingerprint density at radius 3 is 2.53 bits per heavy atom. The van der Waals surface area contributed by atoms with Gasteiger partial charge in [-0.15, -0.1) is 0 Å². The Balaban J connectivity index is 2.87. The Hall–Kier alpha value is -0.980. The van der Waals surface area contributed by atoms with Crippen LogP contribution in [0.15, 0.2) is 30.3 Å². The van der Waals surface area contributed by atoms with Crippen molar-refractivity contribution in [1.29, 1.82) is 5.26 Å². The first kappa shape index (κ1) is 14.1. The van der Waals surface area contributed by atoms with E-state index in [4.69, 9.17) is 0 Å². The lowest BCUT2D eigenvalue weighted by atomic mass is 9.94. The highest BCUT2D eigenvalue weighted by atomic mass is 32.2. The maximum Gasteiger partial charge on any atom is 0.141 e. The fourth-order valence-electron chi connectivity index (χ4n) is 1.56. The molecule has 0 aliphatic rings. The molecule has 0 bridgehead atoms. The molecule has 0 aliphatic heterocycles. The van der Waals surface area contributed by atoms with E-state index in [0.29, 0.717) is 5.25 Å².